The minimum absolute atomic E-state index is 0.0462. The highest BCUT2D eigenvalue weighted by Gasteiger charge is 2.30. The lowest BCUT2D eigenvalue weighted by Crippen LogP contribution is -2.17. The molecule has 1 aromatic heterocycles. The van der Waals surface area contributed by atoms with E-state index in [2.05, 4.69) is 36.0 Å². The summed E-state index contributed by atoms with van der Waals surface area (Å²) in [7, 11) is 0. The van der Waals surface area contributed by atoms with E-state index in [1.807, 2.05) is 24.3 Å². The lowest BCUT2D eigenvalue weighted by molar-refractivity contribution is -0.274. The normalized spacial score (nSPS) is 11.2. The van der Waals surface area contributed by atoms with Crippen LogP contribution >= 0.6 is 27.7 Å². The van der Waals surface area contributed by atoms with Gasteiger partial charge in [-0.05, 0) is 42.5 Å². The lowest BCUT2D eigenvalue weighted by Gasteiger charge is -2.10. The third-order valence-corrected chi connectivity index (χ3v) is 4.87. The average Bonchev–Trinajstić information content (AvgIpc) is 2.68. The Labute approximate surface area is 176 Å². The second-order valence-corrected chi connectivity index (χ2v) is 7.50. The molecule has 0 aliphatic heterocycles. The summed E-state index contributed by atoms with van der Waals surface area (Å²) >= 11 is 4.53. The molecule has 10 heteroatoms. The maximum atomic E-state index is 12.2. The van der Waals surface area contributed by atoms with Crippen LogP contribution in [0.2, 0.25) is 0 Å². The van der Waals surface area contributed by atoms with Crippen molar-refractivity contribution >= 4 is 39.3 Å². The van der Waals surface area contributed by atoms with Crippen LogP contribution in [0.1, 0.15) is 0 Å². The smallest absolute Gasteiger partial charge is 0.406 e. The van der Waals surface area contributed by atoms with Gasteiger partial charge in [0, 0.05) is 21.9 Å². The molecule has 0 aliphatic rings. The molecule has 150 valence electrons. The molecule has 0 saturated carbocycles. The molecule has 0 fully saturated rings. The molecule has 3 rings (SSSR count). The van der Waals surface area contributed by atoms with E-state index in [0.717, 1.165) is 39.6 Å². The van der Waals surface area contributed by atoms with Crippen LogP contribution in [-0.4, -0.2) is 28.0 Å². The van der Waals surface area contributed by atoms with Crippen LogP contribution < -0.4 is 10.1 Å². The Morgan fingerprint density at radius 2 is 1.76 bits per heavy atom. The Morgan fingerprint density at radius 1 is 1.07 bits per heavy atom. The number of amides is 1. The van der Waals surface area contributed by atoms with Crippen molar-refractivity contribution in [3.63, 3.8) is 0 Å². The minimum Gasteiger partial charge on any atom is -0.406 e. The fourth-order valence-corrected chi connectivity index (χ4v) is 3.15. The van der Waals surface area contributed by atoms with Crippen molar-refractivity contribution in [3.8, 4) is 17.0 Å². The number of nitrogens with one attached hydrogen (secondary N) is 1. The number of carbonyl (C=O) groups is 1. The van der Waals surface area contributed by atoms with Crippen LogP contribution in [0, 0.1) is 0 Å². The van der Waals surface area contributed by atoms with Crippen LogP contribution in [0.25, 0.3) is 11.3 Å². The summed E-state index contributed by atoms with van der Waals surface area (Å²) in [6, 6.07) is 14.3. The van der Waals surface area contributed by atoms with Crippen molar-refractivity contribution in [2.24, 2.45) is 0 Å². The monoisotopic (exact) mass is 483 g/mol. The van der Waals surface area contributed by atoms with Crippen molar-refractivity contribution in [3.05, 3.63) is 65.3 Å². The van der Waals surface area contributed by atoms with Gasteiger partial charge in [-0.2, -0.15) is 0 Å². The Balaban J connectivity index is 1.55. The molecule has 0 unspecified atom stereocenters. The van der Waals surface area contributed by atoms with E-state index in [0.29, 0.717) is 10.8 Å². The van der Waals surface area contributed by atoms with Gasteiger partial charge in [-0.25, -0.2) is 9.97 Å². The third-order valence-electron chi connectivity index (χ3n) is 3.48. The molecular formula is C19H13BrF3N3O2S. The third kappa shape index (κ3) is 6.75. The van der Waals surface area contributed by atoms with Crippen LogP contribution in [0.15, 0.2) is 70.4 Å². The van der Waals surface area contributed by atoms with Crippen molar-refractivity contribution < 1.29 is 22.7 Å². The molecule has 5 nitrogen and oxygen atoms in total. The van der Waals surface area contributed by atoms with Gasteiger partial charge in [-0.15, -0.1) is 13.2 Å². The number of ether oxygens (including phenoxy) is 1. The number of thioether (sulfide) groups is 1. The van der Waals surface area contributed by atoms with Crippen LogP contribution in [-0.2, 0) is 4.79 Å². The molecule has 0 radical (unpaired) electrons. The fourth-order valence-electron chi connectivity index (χ4n) is 2.26. The topological polar surface area (TPSA) is 64.1 Å². The summed E-state index contributed by atoms with van der Waals surface area (Å²) in [6.45, 7) is 0. The minimum atomic E-state index is -4.76. The standard InChI is InChI=1S/C19H13BrF3N3O2S/c20-13-3-1-12(2-4-13)16-9-10-24-18(26-16)29-11-17(27)25-14-5-7-15(8-6-14)28-19(21,22)23/h1-10H,11H2,(H,25,27). The lowest BCUT2D eigenvalue weighted by atomic mass is 10.1. The largest absolute Gasteiger partial charge is 0.573 e. The molecule has 1 amide bonds. The number of carbonyl (C=O) groups excluding carboxylic acids is 1. The van der Waals surface area contributed by atoms with E-state index in [1.165, 1.54) is 12.1 Å². The highest BCUT2D eigenvalue weighted by Crippen LogP contribution is 2.25. The fraction of sp³-hybridized carbons (Fsp3) is 0.105. The summed E-state index contributed by atoms with van der Waals surface area (Å²) in [4.78, 5) is 20.7. The van der Waals surface area contributed by atoms with Gasteiger partial charge in [0.1, 0.15) is 5.75 Å². The van der Waals surface area contributed by atoms with Gasteiger partial charge in [-0.3, -0.25) is 4.79 Å². The number of benzene rings is 2. The van der Waals surface area contributed by atoms with E-state index in [1.54, 1.807) is 12.3 Å². The molecule has 1 heterocycles. The summed E-state index contributed by atoms with van der Waals surface area (Å²) < 4.78 is 41.2. The van der Waals surface area contributed by atoms with Gasteiger partial charge >= 0.3 is 6.36 Å². The first kappa shape index (κ1) is 21.1. The van der Waals surface area contributed by atoms with Crippen molar-refractivity contribution in [2.75, 3.05) is 11.1 Å². The van der Waals surface area contributed by atoms with E-state index >= 15 is 0 Å². The van der Waals surface area contributed by atoms with E-state index in [4.69, 9.17) is 0 Å². The maximum absolute atomic E-state index is 12.2. The zero-order valence-electron chi connectivity index (χ0n) is 14.6. The highest BCUT2D eigenvalue weighted by atomic mass is 79.9. The van der Waals surface area contributed by atoms with Gasteiger partial charge < -0.3 is 10.1 Å². The summed E-state index contributed by atoms with van der Waals surface area (Å²) in [5.74, 6) is -0.648. The number of halogens is 4. The Hall–Kier alpha value is -2.59. The second-order valence-electron chi connectivity index (χ2n) is 5.64. The van der Waals surface area contributed by atoms with Crippen LogP contribution in [0.3, 0.4) is 0 Å². The van der Waals surface area contributed by atoms with Gasteiger partial charge in [0.2, 0.25) is 5.91 Å². The van der Waals surface area contributed by atoms with Gasteiger partial charge in [0.15, 0.2) is 5.16 Å². The first-order valence-corrected chi connectivity index (χ1v) is 9.94. The molecule has 1 N–H and O–H groups in total. The summed E-state index contributed by atoms with van der Waals surface area (Å²) in [5, 5.41) is 3.04. The molecule has 0 spiro atoms. The zero-order chi connectivity index (χ0) is 20.9. The number of aromatic nitrogens is 2. The number of alkyl halides is 3. The zero-order valence-corrected chi connectivity index (χ0v) is 17.0. The predicted molar refractivity (Wildman–Crippen MR) is 108 cm³/mol. The molecular weight excluding hydrogens is 471 g/mol. The van der Waals surface area contributed by atoms with Gasteiger partial charge in [-0.1, -0.05) is 39.8 Å². The first-order chi connectivity index (χ1) is 13.8. The number of nitrogens with zero attached hydrogens (tertiary/aromatic N) is 2. The molecule has 3 aromatic rings. The Kier molecular flexibility index (Phi) is 6.75. The summed E-state index contributed by atoms with van der Waals surface area (Å²) in [5.41, 5.74) is 2.01. The predicted octanol–water partition coefficient (Wildman–Crippen LogP) is 5.54. The van der Waals surface area contributed by atoms with Gasteiger partial charge in [0.25, 0.3) is 0 Å². The maximum Gasteiger partial charge on any atom is 0.573 e. The molecule has 2 aromatic carbocycles. The SMILES string of the molecule is O=C(CSc1nccc(-c2ccc(Br)cc2)n1)Nc1ccc(OC(F)(F)F)cc1. The van der Waals surface area contributed by atoms with Gasteiger partial charge in [0.05, 0.1) is 11.4 Å². The number of rotatable bonds is 6. The second kappa shape index (κ2) is 9.27. The van der Waals surface area contributed by atoms with E-state index in [-0.39, 0.29) is 17.4 Å². The molecule has 0 bridgehead atoms. The molecule has 29 heavy (non-hydrogen) atoms. The average molecular weight is 484 g/mol. The highest BCUT2D eigenvalue weighted by molar-refractivity contribution is 9.10. The first-order valence-electron chi connectivity index (χ1n) is 8.16. The number of anilines is 1. The molecule has 0 aliphatic carbocycles. The Morgan fingerprint density at radius 3 is 2.41 bits per heavy atom. The Bertz CT molecular complexity index is 983. The van der Waals surface area contributed by atoms with Crippen molar-refractivity contribution in [1.82, 2.24) is 9.97 Å². The summed E-state index contributed by atoms with van der Waals surface area (Å²) in [6.07, 6.45) is -3.14. The van der Waals surface area contributed by atoms with Crippen LogP contribution in [0.5, 0.6) is 5.75 Å². The number of hydrogen-bond acceptors (Lipinski definition) is 5. The van der Waals surface area contributed by atoms with E-state index in [9.17, 15) is 18.0 Å². The van der Waals surface area contributed by atoms with E-state index < -0.39 is 6.36 Å². The van der Waals surface area contributed by atoms with Crippen molar-refractivity contribution in [1.29, 1.82) is 0 Å². The quantitative estimate of drug-likeness (QED) is 0.368. The number of hydrogen-bond donors (Lipinski definition) is 1. The van der Waals surface area contributed by atoms with Crippen molar-refractivity contribution in [2.45, 2.75) is 11.5 Å². The molecule has 0 atom stereocenters. The van der Waals surface area contributed by atoms with Crippen LogP contribution in [0.4, 0.5) is 18.9 Å². The molecule has 0 saturated heterocycles.